The SMILES string of the molecule is C=C(Br)Cc1c(OC)cc(OC)cc1OC. The first-order valence-electron chi connectivity index (χ1n) is 4.74. The number of benzene rings is 1. The highest BCUT2D eigenvalue weighted by Crippen LogP contribution is 2.35. The van der Waals surface area contributed by atoms with Crippen molar-refractivity contribution in [3.63, 3.8) is 0 Å². The Labute approximate surface area is 104 Å². The molecule has 0 radical (unpaired) electrons. The molecule has 0 atom stereocenters. The number of ether oxygens (including phenoxy) is 3. The highest BCUT2D eigenvalue weighted by molar-refractivity contribution is 9.11. The zero-order valence-electron chi connectivity index (χ0n) is 9.67. The minimum absolute atomic E-state index is 0.649. The number of methoxy groups -OCH3 is 3. The Hall–Kier alpha value is -1.16. The standard InChI is InChI=1S/C12H15BrO3/c1-8(13)5-10-11(15-3)6-9(14-2)7-12(10)16-4/h6-7H,1,5H2,2-4H3. The number of hydrogen-bond acceptors (Lipinski definition) is 3. The third-order valence-electron chi connectivity index (χ3n) is 2.19. The lowest BCUT2D eigenvalue weighted by Gasteiger charge is -2.14. The second kappa shape index (κ2) is 5.80. The molecule has 0 N–H and O–H groups in total. The third-order valence-corrected chi connectivity index (χ3v) is 2.47. The molecule has 1 aromatic rings. The fraction of sp³-hybridized carbons (Fsp3) is 0.333. The highest BCUT2D eigenvalue weighted by atomic mass is 79.9. The largest absolute Gasteiger partial charge is 0.496 e. The van der Waals surface area contributed by atoms with E-state index in [0.29, 0.717) is 12.2 Å². The minimum Gasteiger partial charge on any atom is -0.496 e. The molecule has 0 fully saturated rings. The summed E-state index contributed by atoms with van der Waals surface area (Å²) in [7, 11) is 4.85. The summed E-state index contributed by atoms with van der Waals surface area (Å²) in [6.07, 6.45) is 0.649. The van der Waals surface area contributed by atoms with Crippen molar-refractivity contribution in [1.82, 2.24) is 0 Å². The molecule has 0 aliphatic rings. The molecular weight excluding hydrogens is 272 g/mol. The van der Waals surface area contributed by atoms with Crippen LogP contribution in [-0.2, 0) is 6.42 Å². The molecule has 4 heteroatoms. The van der Waals surface area contributed by atoms with E-state index in [1.165, 1.54) is 0 Å². The molecule has 0 saturated carbocycles. The number of allylic oxidation sites excluding steroid dienone is 1. The summed E-state index contributed by atoms with van der Waals surface area (Å²) in [4.78, 5) is 0. The Morgan fingerprint density at radius 3 is 1.94 bits per heavy atom. The van der Waals surface area contributed by atoms with Crippen LogP contribution in [0.3, 0.4) is 0 Å². The van der Waals surface area contributed by atoms with Gasteiger partial charge in [0.2, 0.25) is 0 Å². The summed E-state index contributed by atoms with van der Waals surface area (Å²) < 4.78 is 16.7. The first-order chi connectivity index (χ1) is 7.62. The van der Waals surface area contributed by atoms with Crippen LogP contribution in [0.5, 0.6) is 17.2 Å². The second-order valence-electron chi connectivity index (χ2n) is 3.20. The van der Waals surface area contributed by atoms with Crippen LogP contribution < -0.4 is 14.2 Å². The highest BCUT2D eigenvalue weighted by Gasteiger charge is 2.13. The molecule has 0 aliphatic carbocycles. The molecule has 0 amide bonds. The van der Waals surface area contributed by atoms with Crippen molar-refractivity contribution in [2.75, 3.05) is 21.3 Å². The summed E-state index contributed by atoms with van der Waals surface area (Å²) >= 11 is 3.34. The maximum Gasteiger partial charge on any atom is 0.129 e. The van der Waals surface area contributed by atoms with Gasteiger partial charge >= 0.3 is 0 Å². The van der Waals surface area contributed by atoms with Crippen LogP contribution in [0.2, 0.25) is 0 Å². The Balaban J connectivity index is 3.25. The van der Waals surface area contributed by atoms with E-state index >= 15 is 0 Å². The number of hydrogen-bond donors (Lipinski definition) is 0. The van der Waals surface area contributed by atoms with Crippen LogP contribution in [0.15, 0.2) is 23.2 Å². The van der Waals surface area contributed by atoms with Crippen molar-refractivity contribution in [3.8, 4) is 17.2 Å². The zero-order chi connectivity index (χ0) is 12.1. The van der Waals surface area contributed by atoms with Gasteiger partial charge in [0.1, 0.15) is 17.2 Å². The average Bonchev–Trinajstić information content (AvgIpc) is 2.28. The summed E-state index contributed by atoms with van der Waals surface area (Å²) in [5, 5.41) is 0. The average molecular weight is 287 g/mol. The van der Waals surface area contributed by atoms with Crippen molar-refractivity contribution in [2.45, 2.75) is 6.42 Å². The van der Waals surface area contributed by atoms with Gasteiger partial charge in [0.25, 0.3) is 0 Å². The number of rotatable bonds is 5. The lowest BCUT2D eigenvalue weighted by Crippen LogP contribution is -1.98. The van der Waals surface area contributed by atoms with Crippen molar-refractivity contribution in [2.24, 2.45) is 0 Å². The fourth-order valence-corrected chi connectivity index (χ4v) is 1.72. The first-order valence-corrected chi connectivity index (χ1v) is 5.53. The predicted molar refractivity (Wildman–Crippen MR) is 67.9 cm³/mol. The Bertz CT molecular complexity index is 363. The molecule has 0 spiro atoms. The van der Waals surface area contributed by atoms with Crippen LogP contribution in [0.25, 0.3) is 0 Å². The minimum atomic E-state index is 0.649. The van der Waals surface area contributed by atoms with Gasteiger partial charge in [0.05, 0.1) is 21.3 Å². The summed E-state index contributed by atoms with van der Waals surface area (Å²) in [6, 6.07) is 3.65. The van der Waals surface area contributed by atoms with Gasteiger partial charge in [-0.2, -0.15) is 0 Å². The van der Waals surface area contributed by atoms with Gasteiger partial charge in [-0.05, 0) is 4.48 Å². The third kappa shape index (κ3) is 2.92. The molecule has 0 aliphatic heterocycles. The van der Waals surface area contributed by atoms with E-state index in [-0.39, 0.29) is 0 Å². The zero-order valence-corrected chi connectivity index (χ0v) is 11.3. The quantitative estimate of drug-likeness (QED) is 0.832. The first kappa shape index (κ1) is 12.9. The predicted octanol–water partition coefficient (Wildman–Crippen LogP) is 3.16. The van der Waals surface area contributed by atoms with Gasteiger partial charge in [-0.3, -0.25) is 0 Å². The maximum absolute atomic E-state index is 5.31. The van der Waals surface area contributed by atoms with E-state index in [1.807, 2.05) is 12.1 Å². The van der Waals surface area contributed by atoms with Crippen molar-refractivity contribution in [3.05, 3.63) is 28.8 Å². The topological polar surface area (TPSA) is 27.7 Å². The molecule has 1 rings (SSSR count). The molecular formula is C12H15BrO3. The molecule has 0 bridgehead atoms. The van der Waals surface area contributed by atoms with Crippen LogP contribution >= 0.6 is 15.9 Å². The van der Waals surface area contributed by atoms with E-state index in [1.54, 1.807) is 21.3 Å². The lowest BCUT2D eigenvalue weighted by molar-refractivity contribution is 0.370. The van der Waals surface area contributed by atoms with Crippen LogP contribution in [-0.4, -0.2) is 21.3 Å². The van der Waals surface area contributed by atoms with Gasteiger partial charge in [-0.25, -0.2) is 0 Å². The lowest BCUT2D eigenvalue weighted by atomic mass is 10.1. The van der Waals surface area contributed by atoms with Gasteiger partial charge < -0.3 is 14.2 Å². The van der Waals surface area contributed by atoms with E-state index in [4.69, 9.17) is 14.2 Å². The molecule has 0 saturated heterocycles. The molecule has 0 aromatic heterocycles. The summed E-state index contributed by atoms with van der Waals surface area (Å²) in [5.74, 6) is 2.17. The second-order valence-corrected chi connectivity index (χ2v) is 4.33. The van der Waals surface area contributed by atoms with Crippen molar-refractivity contribution in [1.29, 1.82) is 0 Å². The van der Waals surface area contributed by atoms with Crippen LogP contribution in [0.1, 0.15) is 5.56 Å². The van der Waals surface area contributed by atoms with E-state index in [2.05, 4.69) is 22.5 Å². The Kier molecular flexibility index (Phi) is 4.68. The van der Waals surface area contributed by atoms with Crippen molar-refractivity contribution < 1.29 is 14.2 Å². The summed E-state index contributed by atoms with van der Waals surface area (Å²) in [5.41, 5.74) is 0.952. The van der Waals surface area contributed by atoms with E-state index < -0.39 is 0 Å². The molecule has 88 valence electrons. The molecule has 1 aromatic carbocycles. The van der Waals surface area contributed by atoms with Gasteiger partial charge in [0.15, 0.2) is 0 Å². The monoisotopic (exact) mass is 286 g/mol. The molecule has 16 heavy (non-hydrogen) atoms. The van der Waals surface area contributed by atoms with E-state index in [0.717, 1.165) is 21.5 Å². The van der Waals surface area contributed by atoms with Gasteiger partial charge in [-0.15, -0.1) is 0 Å². The summed E-state index contributed by atoms with van der Waals surface area (Å²) in [6.45, 7) is 3.82. The van der Waals surface area contributed by atoms with Crippen molar-refractivity contribution >= 4 is 15.9 Å². The van der Waals surface area contributed by atoms with Crippen LogP contribution in [0.4, 0.5) is 0 Å². The van der Waals surface area contributed by atoms with Gasteiger partial charge in [-0.1, -0.05) is 22.5 Å². The Morgan fingerprint density at radius 2 is 1.62 bits per heavy atom. The molecule has 0 unspecified atom stereocenters. The smallest absolute Gasteiger partial charge is 0.129 e. The normalized spacial score (nSPS) is 9.75. The number of halogens is 1. The Morgan fingerprint density at radius 1 is 1.12 bits per heavy atom. The fourth-order valence-electron chi connectivity index (χ4n) is 1.44. The molecule has 3 nitrogen and oxygen atoms in total. The molecule has 0 heterocycles. The van der Waals surface area contributed by atoms with Gasteiger partial charge in [0, 0.05) is 24.1 Å². The maximum atomic E-state index is 5.31. The van der Waals surface area contributed by atoms with E-state index in [9.17, 15) is 0 Å². The van der Waals surface area contributed by atoms with Crippen LogP contribution in [0, 0.1) is 0 Å².